The van der Waals surface area contributed by atoms with Crippen molar-refractivity contribution in [3.8, 4) is 0 Å². The van der Waals surface area contributed by atoms with Gasteiger partial charge in [-0.15, -0.1) is 0 Å². The van der Waals surface area contributed by atoms with Gasteiger partial charge in [0.2, 0.25) is 5.91 Å². The molecule has 1 unspecified atom stereocenters. The Balaban J connectivity index is 2.02. The Morgan fingerprint density at radius 2 is 2.20 bits per heavy atom. The number of nitrogens with one attached hydrogen (secondary N) is 1. The molecule has 4 nitrogen and oxygen atoms in total. The molecule has 4 heteroatoms. The molecule has 1 aromatic carbocycles. The zero-order valence-corrected chi connectivity index (χ0v) is 12.2. The summed E-state index contributed by atoms with van der Waals surface area (Å²) in [5.74, 6) is 1.06. The summed E-state index contributed by atoms with van der Waals surface area (Å²) >= 11 is 0. The highest BCUT2D eigenvalue weighted by Gasteiger charge is 2.25. The van der Waals surface area contributed by atoms with Gasteiger partial charge in [-0.2, -0.15) is 0 Å². The van der Waals surface area contributed by atoms with E-state index in [0.717, 1.165) is 41.7 Å². The highest BCUT2D eigenvalue weighted by molar-refractivity contribution is 5.93. The van der Waals surface area contributed by atoms with Crippen molar-refractivity contribution in [2.45, 2.75) is 32.2 Å². The molecule has 0 saturated carbocycles. The molecule has 0 spiro atoms. The number of hydrogen-bond donors (Lipinski definition) is 1. The number of rotatable bonds is 2. The molecule has 1 aliphatic rings. The van der Waals surface area contributed by atoms with E-state index in [4.69, 9.17) is 4.42 Å². The van der Waals surface area contributed by atoms with Gasteiger partial charge in [0.15, 0.2) is 0 Å². The summed E-state index contributed by atoms with van der Waals surface area (Å²) < 4.78 is 5.95. The van der Waals surface area contributed by atoms with Crippen molar-refractivity contribution in [1.82, 2.24) is 4.90 Å². The third kappa shape index (κ3) is 2.31. The van der Waals surface area contributed by atoms with Gasteiger partial charge in [0.1, 0.15) is 11.3 Å². The molecule has 0 aliphatic heterocycles. The van der Waals surface area contributed by atoms with Gasteiger partial charge in [-0.3, -0.25) is 4.79 Å². The standard InChI is InChI=1S/C16H20N2O2/c1-10(19)17-11-4-6-15-13(8-11)14-9-12(18(2)3)5-7-16(14)20-15/h4,6,8,12H,5,7,9H2,1-3H3,(H,17,19). The van der Waals surface area contributed by atoms with Crippen LogP contribution in [0.15, 0.2) is 22.6 Å². The molecule has 1 aliphatic carbocycles. The molecule has 1 atom stereocenters. The van der Waals surface area contributed by atoms with Crippen LogP contribution in [-0.2, 0) is 17.6 Å². The summed E-state index contributed by atoms with van der Waals surface area (Å²) in [5, 5.41) is 3.97. The smallest absolute Gasteiger partial charge is 0.221 e. The van der Waals surface area contributed by atoms with E-state index < -0.39 is 0 Å². The fraction of sp³-hybridized carbons (Fsp3) is 0.438. The van der Waals surface area contributed by atoms with Crippen LogP contribution in [0.3, 0.4) is 0 Å². The molecule has 3 rings (SSSR count). The number of likely N-dealkylation sites (N-methyl/N-ethyl adjacent to an activating group) is 1. The first-order valence-corrected chi connectivity index (χ1v) is 7.03. The van der Waals surface area contributed by atoms with Crippen LogP contribution in [0, 0.1) is 0 Å². The first-order chi connectivity index (χ1) is 9.54. The second kappa shape index (κ2) is 4.94. The van der Waals surface area contributed by atoms with Crippen LogP contribution in [0.4, 0.5) is 5.69 Å². The number of anilines is 1. The number of aryl methyl sites for hydroxylation is 1. The molecular weight excluding hydrogens is 252 g/mol. The molecule has 0 bridgehead atoms. The minimum absolute atomic E-state index is 0.0483. The Hall–Kier alpha value is -1.81. The predicted octanol–water partition coefficient (Wildman–Crippen LogP) is 2.81. The van der Waals surface area contributed by atoms with E-state index in [1.54, 1.807) is 0 Å². The average Bonchev–Trinajstić information content (AvgIpc) is 2.75. The molecule has 1 heterocycles. The van der Waals surface area contributed by atoms with Crippen LogP contribution in [0.2, 0.25) is 0 Å². The average molecular weight is 272 g/mol. The molecule has 20 heavy (non-hydrogen) atoms. The SMILES string of the molecule is CC(=O)Nc1ccc2oc3c(c2c1)CC(N(C)C)CC3. The second-order valence-corrected chi connectivity index (χ2v) is 5.76. The van der Waals surface area contributed by atoms with Crippen LogP contribution < -0.4 is 5.32 Å². The molecule has 1 aromatic heterocycles. The van der Waals surface area contributed by atoms with E-state index in [1.165, 1.54) is 12.5 Å². The molecule has 106 valence electrons. The van der Waals surface area contributed by atoms with Crippen molar-refractivity contribution >= 4 is 22.6 Å². The summed E-state index contributed by atoms with van der Waals surface area (Å²) in [4.78, 5) is 13.5. The van der Waals surface area contributed by atoms with Gasteiger partial charge in [0.25, 0.3) is 0 Å². The maximum atomic E-state index is 11.2. The highest BCUT2D eigenvalue weighted by atomic mass is 16.3. The first-order valence-electron chi connectivity index (χ1n) is 7.03. The molecule has 0 fully saturated rings. The van der Waals surface area contributed by atoms with E-state index in [9.17, 15) is 4.79 Å². The largest absolute Gasteiger partial charge is 0.461 e. The Bertz CT molecular complexity index is 658. The van der Waals surface area contributed by atoms with Crippen molar-refractivity contribution < 1.29 is 9.21 Å². The van der Waals surface area contributed by atoms with Crippen molar-refractivity contribution in [3.05, 3.63) is 29.5 Å². The minimum atomic E-state index is -0.0483. The van der Waals surface area contributed by atoms with Crippen LogP contribution in [0.1, 0.15) is 24.7 Å². The molecule has 1 amide bonds. The van der Waals surface area contributed by atoms with Crippen molar-refractivity contribution in [2.24, 2.45) is 0 Å². The topological polar surface area (TPSA) is 45.5 Å². The Morgan fingerprint density at radius 3 is 2.90 bits per heavy atom. The summed E-state index contributed by atoms with van der Waals surface area (Å²) in [7, 11) is 4.25. The zero-order chi connectivity index (χ0) is 14.3. The van der Waals surface area contributed by atoms with Crippen molar-refractivity contribution in [2.75, 3.05) is 19.4 Å². The van der Waals surface area contributed by atoms with Crippen molar-refractivity contribution in [3.63, 3.8) is 0 Å². The van der Waals surface area contributed by atoms with E-state index in [2.05, 4.69) is 24.3 Å². The van der Waals surface area contributed by atoms with Gasteiger partial charge in [0, 0.05) is 36.0 Å². The van der Waals surface area contributed by atoms with Gasteiger partial charge < -0.3 is 14.6 Å². The van der Waals surface area contributed by atoms with Crippen LogP contribution in [0.5, 0.6) is 0 Å². The molecule has 2 aromatic rings. The van der Waals surface area contributed by atoms with E-state index >= 15 is 0 Å². The summed E-state index contributed by atoms with van der Waals surface area (Å²) in [5.41, 5.74) is 3.06. The van der Waals surface area contributed by atoms with Gasteiger partial charge in [-0.25, -0.2) is 0 Å². The summed E-state index contributed by atoms with van der Waals surface area (Å²) in [6.07, 6.45) is 3.14. The second-order valence-electron chi connectivity index (χ2n) is 5.76. The number of carbonyl (C=O) groups excluding carboxylic acids is 1. The molecule has 0 saturated heterocycles. The summed E-state index contributed by atoms with van der Waals surface area (Å²) in [6, 6.07) is 6.43. The van der Waals surface area contributed by atoms with Crippen molar-refractivity contribution in [1.29, 1.82) is 0 Å². The number of furan rings is 1. The fourth-order valence-corrected chi connectivity index (χ4v) is 2.98. The molecule has 1 N–H and O–H groups in total. The summed E-state index contributed by atoms with van der Waals surface area (Å²) in [6.45, 7) is 1.52. The van der Waals surface area contributed by atoms with E-state index in [-0.39, 0.29) is 5.91 Å². The number of amides is 1. The quantitative estimate of drug-likeness (QED) is 0.914. The third-order valence-corrected chi connectivity index (χ3v) is 4.07. The number of hydrogen-bond acceptors (Lipinski definition) is 3. The molecular formula is C16H20N2O2. The number of fused-ring (bicyclic) bond motifs is 3. The Labute approximate surface area is 118 Å². The molecule has 0 radical (unpaired) electrons. The van der Waals surface area contributed by atoms with Gasteiger partial charge in [0.05, 0.1) is 0 Å². The first kappa shape index (κ1) is 13.2. The number of nitrogens with zero attached hydrogens (tertiary/aromatic N) is 1. The lowest BCUT2D eigenvalue weighted by Crippen LogP contribution is -2.33. The number of carbonyl (C=O) groups is 1. The van der Waals surface area contributed by atoms with E-state index in [1.807, 2.05) is 18.2 Å². The van der Waals surface area contributed by atoms with Crippen LogP contribution in [-0.4, -0.2) is 30.9 Å². The third-order valence-electron chi connectivity index (χ3n) is 4.07. The Kier molecular flexibility index (Phi) is 3.26. The van der Waals surface area contributed by atoms with Gasteiger partial charge in [-0.1, -0.05) is 0 Å². The normalized spacial score (nSPS) is 18.3. The predicted molar refractivity (Wildman–Crippen MR) is 80.0 cm³/mol. The monoisotopic (exact) mass is 272 g/mol. The van der Waals surface area contributed by atoms with Crippen LogP contribution >= 0.6 is 0 Å². The zero-order valence-electron chi connectivity index (χ0n) is 12.2. The highest BCUT2D eigenvalue weighted by Crippen LogP contribution is 2.34. The lowest BCUT2D eigenvalue weighted by molar-refractivity contribution is -0.114. The fourth-order valence-electron chi connectivity index (χ4n) is 2.98. The van der Waals surface area contributed by atoms with Crippen LogP contribution in [0.25, 0.3) is 11.0 Å². The number of benzene rings is 1. The maximum absolute atomic E-state index is 11.2. The van der Waals surface area contributed by atoms with E-state index in [0.29, 0.717) is 6.04 Å². The lowest BCUT2D eigenvalue weighted by Gasteiger charge is -2.27. The van der Waals surface area contributed by atoms with Gasteiger partial charge in [-0.05, 0) is 45.1 Å². The lowest BCUT2D eigenvalue weighted by atomic mass is 9.91. The minimum Gasteiger partial charge on any atom is -0.461 e. The maximum Gasteiger partial charge on any atom is 0.221 e. The van der Waals surface area contributed by atoms with Gasteiger partial charge >= 0.3 is 0 Å². The Morgan fingerprint density at radius 1 is 1.40 bits per heavy atom.